The van der Waals surface area contributed by atoms with Crippen LogP contribution in [0.5, 0.6) is 0 Å². The lowest BCUT2D eigenvalue weighted by Crippen LogP contribution is -1.97. The van der Waals surface area contributed by atoms with E-state index in [9.17, 15) is 10.1 Å². The Morgan fingerprint density at radius 1 is 1.47 bits per heavy atom. The smallest absolute Gasteiger partial charge is 0.269 e. The van der Waals surface area contributed by atoms with Crippen molar-refractivity contribution in [1.82, 2.24) is 0 Å². The topological polar surface area (TPSA) is 64.7 Å². The van der Waals surface area contributed by atoms with Crippen LogP contribution in [0, 0.1) is 10.1 Å². The quantitative estimate of drug-likeness (QED) is 0.433. The average Bonchev–Trinajstić information content (AvgIpc) is 2.26. The molecule has 0 amide bonds. The predicted molar refractivity (Wildman–Crippen MR) is 56.9 cm³/mol. The van der Waals surface area contributed by atoms with Crippen LogP contribution in [0.15, 0.2) is 29.4 Å². The summed E-state index contributed by atoms with van der Waals surface area (Å²) in [6.07, 6.45) is 0. The average molecular weight is 208 g/mol. The lowest BCUT2D eigenvalue weighted by atomic mass is 10.1. The third-order valence-corrected chi connectivity index (χ3v) is 1.83. The van der Waals surface area contributed by atoms with Crippen molar-refractivity contribution in [3.8, 4) is 0 Å². The molecule has 0 aliphatic rings. The van der Waals surface area contributed by atoms with Crippen LogP contribution in [-0.4, -0.2) is 17.2 Å². The fourth-order valence-electron chi connectivity index (χ4n) is 1.04. The molecule has 0 spiro atoms. The molecule has 0 saturated carbocycles. The lowest BCUT2D eigenvalue weighted by Gasteiger charge is -1.99. The van der Waals surface area contributed by atoms with E-state index in [4.69, 9.17) is 4.84 Å². The summed E-state index contributed by atoms with van der Waals surface area (Å²) in [6.45, 7) is 4.13. The van der Waals surface area contributed by atoms with E-state index < -0.39 is 4.92 Å². The Morgan fingerprint density at radius 2 is 2.07 bits per heavy atom. The van der Waals surface area contributed by atoms with Crippen LogP contribution in [0.3, 0.4) is 0 Å². The molecule has 0 unspecified atom stereocenters. The molecule has 5 heteroatoms. The van der Waals surface area contributed by atoms with Gasteiger partial charge in [-0.1, -0.05) is 5.16 Å². The molecule has 1 rings (SSSR count). The van der Waals surface area contributed by atoms with Gasteiger partial charge >= 0.3 is 0 Å². The summed E-state index contributed by atoms with van der Waals surface area (Å²) in [5.41, 5.74) is 1.59. The summed E-state index contributed by atoms with van der Waals surface area (Å²) in [4.78, 5) is 14.9. The Hall–Kier alpha value is -1.91. The fourth-order valence-corrected chi connectivity index (χ4v) is 1.04. The molecule has 0 atom stereocenters. The summed E-state index contributed by atoms with van der Waals surface area (Å²) in [5.74, 6) is 0. The molecule has 0 heterocycles. The van der Waals surface area contributed by atoms with Crippen LogP contribution in [0.4, 0.5) is 5.69 Å². The van der Waals surface area contributed by atoms with Crippen molar-refractivity contribution in [3.05, 3.63) is 39.9 Å². The van der Waals surface area contributed by atoms with Gasteiger partial charge in [-0.05, 0) is 31.5 Å². The third kappa shape index (κ3) is 3.05. The summed E-state index contributed by atoms with van der Waals surface area (Å²) < 4.78 is 0. The Morgan fingerprint density at radius 3 is 2.53 bits per heavy atom. The van der Waals surface area contributed by atoms with Crippen molar-refractivity contribution in [2.75, 3.05) is 6.61 Å². The number of benzene rings is 1. The maximum absolute atomic E-state index is 10.4. The number of nitrogens with zero attached hydrogens (tertiary/aromatic N) is 2. The van der Waals surface area contributed by atoms with Gasteiger partial charge in [-0.25, -0.2) is 0 Å². The zero-order chi connectivity index (χ0) is 11.3. The third-order valence-electron chi connectivity index (χ3n) is 1.83. The molecule has 0 aliphatic carbocycles. The van der Waals surface area contributed by atoms with Gasteiger partial charge in [-0.2, -0.15) is 0 Å². The molecule has 0 aromatic heterocycles. The highest BCUT2D eigenvalue weighted by Gasteiger charge is 2.05. The minimum absolute atomic E-state index is 0.0722. The van der Waals surface area contributed by atoms with Crippen LogP contribution in [0.1, 0.15) is 19.4 Å². The molecule has 80 valence electrons. The predicted octanol–water partition coefficient (Wildman–Crippen LogP) is 2.36. The van der Waals surface area contributed by atoms with Crippen molar-refractivity contribution in [3.63, 3.8) is 0 Å². The van der Waals surface area contributed by atoms with Crippen molar-refractivity contribution in [2.24, 2.45) is 5.16 Å². The highest BCUT2D eigenvalue weighted by molar-refractivity contribution is 5.98. The molecule has 0 saturated heterocycles. The van der Waals surface area contributed by atoms with E-state index in [0.717, 1.165) is 5.56 Å². The second-order valence-corrected chi connectivity index (χ2v) is 2.90. The zero-order valence-electron chi connectivity index (χ0n) is 8.64. The van der Waals surface area contributed by atoms with E-state index in [0.29, 0.717) is 12.3 Å². The zero-order valence-corrected chi connectivity index (χ0v) is 8.64. The maximum atomic E-state index is 10.4. The normalized spacial score (nSPS) is 11.2. The SMILES string of the molecule is CCON=C(C)c1ccc([N+](=O)[O-])cc1. The summed E-state index contributed by atoms with van der Waals surface area (Å²) in [7, 11) is 0. The highest BCUT2D eigenvalue weighted by Crippen LogP contribution is 2.12. The lowest BCUT2D eigenvalue weighted by molar-refractivity contribution is -0.384. The van der Waals surface area contributed by atoms with E-state index >= 15 is 0 Å². The molecule has 1 aromatic rings. The number of hydrogen-bond acceptors (Lipinski definition) is 4. The van der Waals surface area contributed by atoms with E-state index in [1.165, 1.54) is 12.1 Å². The molecular weight excluding hydrogens is 196 g/mol. The van der Waals surface area contributed by atoms with E-state index in [1.54, 1.807) is 19.1 Å². The number of nitro groups is 1. The Balaban J connectivity index is 2.84. The number of hydrogen-bond donors (Lipinski definition) is 0. The Kier molecular flexibility index (Phi) is 3.79. The minimum atomic E-state index is -0.432. The van der Waals surface area contributed by atoms with Crippen LogP contribution in [0.2, 0.25) is 0 Å². The molecule has 0 fully saturated rings. The Labute approximate surface area is 87.5 Å². The summed E-state index contributed by atoms with van der Waals surface area (Å²) in [5, 5.41) is 14.2. The molecule has 0 radical (unpaired) electrons. The summed E-state index contributed by atoms with van der Waals surface area (Å²) in [6, 6.07) is 6.19. The number of rotatable bonds is 4. The van der Waals surface area contributed by atoms with Gasteiger partial charge in [0.25, 0.3) is 5.69 Å². The number of oxime groups is 1. The van der Waals surface area contributed by atoms with Crippen LogP contribution in [0.25, 0.3) is 0 Å². The molecule has 5 nitrogen and oxygen atoms in total. The first-order chi connectivity index (χ1) is 7.15. The second kappa shape index (κ2) is 5.09. The van der Waals surface area contributed by atoms with Crippen molar-refractivity contribution in [2.45, 2.75) is 13.8 Å². The van der Waals surface area contributed by atoms with Gasteiger partial charge in [0.05, 0.1) is 10.6 Å². The van der Waals surface area contributed by atoms with Gasteiger partial charge in [0.15, 0.2) is 0 Å². The Bertz CT molecular complexity index is 371. The first-order valence-electron chi connectivity index (χ1n) is 4.56. The molecule has 0 aliphatic heterocycles. The number of non-ortho nitro benzene ring substituents is 1. The highest BCUT2D eigenvalue weighted by atomic mass is 16.6. The van der Waals surface area contributed by atoms with Gasteiger partial charge in [-0.15, -0.1) is 0 Å². The van der Waals surface area contributed by atoms with Crippen LogP contribution < -0.4 is 0 Å². The second-order valence-electron chi connectivity index (χ2n) is 2.90. The number of nitro benzene ring substituents is 1. The summed E-state index contributed by atoms with van der Waals surface area (Å²) >= 11 is 0. The fraction of sp³-hybridized carbons (Fsp3) is 0.300. The van der Waals surface area contributed by atoms with E-state index in [2.05, 4.69) is 5.16 Å². The van der Waals surface area contributed by atoms with Gasteiger partial charge < -0.3 is 4.84 Å². The van der Waals surface area contributed by atoms with E-state index in [1.807, 2.05) is 6.92 Å². The first kappa shape index (κ1) is 11.2. The molecule has 15 heavy (non-hydrogen) atoms. The largest absolute Gasteiger partial charge is 0.396 e. The molecule has 0 N–H and O–H groups in total. The first-order valence-corrected chi connectivity index (χ1v) is 4.56. The minimum Gasteiger partial charge on any atom is -0.396 e. The molecular formula is C10H12N2O3. The van der Waals surface area contributed by atoms with Crippen molar-refractivity contribution in [1.29, 1.82) is 0 Å². The van der Waals surface area contributed by atoms with E-state index in [-0.39, 0.29) is 5.69 Å². The van der Waals surface area contributed by atoms with Crippen LogP contribution >= 0.6 is 0 Å². The van der Waals surface area contributed by atoms with Crippen molar-refractivity contribution >= 4 is 11.4 Å². The van der Waals surface area contributed by atoms with Gasteiger partial charge in [0, 0.05) is 12.1 Å². The van der Waals surface area contributed by atoms with Gasteiger partial charge in [0.2, 0.25) is 0 Å². The molecule has 0 bridgehead atoms. The van der Waals surface area contributed by atoms with Gasteiger partial charge in [-0.3, -0.25) is 10.1 Å². The monoisotopic (exact) mass is 208 g/mol. The molecule has 1 aromatic carbocycles. The maximum Gasteiger partial charge on any atom is 0.269 e. The van der Waals surface area contributed by atoms with Crippen molar-refractivity contribution < 1.29 is 9.76 Å². The van der Waals surface area contributed by atoms with Crippen LogP contribution in [-0.2, 0) is 4.84 Å². The standard InChI is InChI=1S/C10H12N2O3/c1-3-15-11-8(2)9-4-6-10(7-5-9)12(13)14/h4-7H,3H2,1-2H3. The van der Waals surface area contributed by atoms with Gasteiger partial charge in [0.1, 0.15) is 6.61 Å².